The van der Waals surface area contributed by atoms with E-state index in [0.29, 0.717) is 12.8 Å². The summed E-state index contributed by atoms with van der Waals surface area (Å²) >= 11 is 0. The number of unbranched alkanes of at least 4 members (excludes halogenated alkanes) is 16. The molecule has 0 rings (SSSR count). The van der Waals surface area contributed by atoms with Gasteiger partial charge >= 0.3 is 11.9 Å². The van der Waals surface area contributed by atoms with Crippen LogP contribution in [0, 0.1) is 0 Å². The van der Waals surface area contributed by atoms with Crippen LogP contribution in [0.1, 0.15) is 219 Å². The Morgan fingerprint density at radius 2 is 0.588 bits per heavy atom. The zero-order chi connectivity index (χ0) is 49.2. The van der Waals surface area contributed by atoms with Gasteiger partial charge in [0.25, 0.3) is 0 Å². The number of aliphatic hydroxyl groups is 1. The lowest BCUT2D eigenvalue weighted by Crippen LogP contribution is -2.28. The van der Waals surface area contributed by atoms with Crippen LogP contribution in [0.5, 0.6) is 0 Å². The molecule has 0 aliphatic heterocycles. The largest absolute Gasteiger partial charge is 0.462 e. The minimum atomic E-state index is -0.792. The van der Waals surface area contributed by atoms with Gasteiger partial charge in [-0.25, -0.2) is 0 Å². The normalized spacial score (nSPS) is 13.4. The average molecular weight is 937 g/mol. The first-order valence-corrected chi connectivity index (χ1v) is 27.4. The summed E-state index contributed by atoms with van der Waals surface area (Å²) in [6.07, 6.45) is 86.5. The third-order valence-electron chi connectivity index (χ3n) is 11.1. The van der Waals surface area contributed by atoms with Gasteiger partial charge in [-0.1, -0.05) is 237 Å². The third kappa shape index (κ3) is 54.4. The van der Waals surface area contributed by atoms with Gasteiger partial charge in [0, 0.05) is 12.8 Å². The Bertz CT molecular complexity index is 1480. The van der Waals surface area contributed by atoms with Crippen LogP contribution >= 0.6 is 0 Å². The van der Waals surface area contributed by atoms with Crippen LogP contribution in [0.4, 0.5) is 0 Å². The number of ether oxygens (including phenoxy) is 2. The van der Waals surface area contributed by atoms with Crippen LogP contribution in [-0.4, -0.2) is 36.4 Å². The van der Waals surface area contributed by atoms with Crippen molar-refractivity contribution in [3.8, 4) is 0 Å². The molecule has 0 heterocycles. The van der Waals surface area contributed by atoms with E-state index in [1.807, 2.05) is 0 Å². The van der Waals surface area contributed by atoms with E-state index in [2.05, 4.69) is 160 Å². The molecule has 0 radical (unpaired) electrons. The molecule has 5 heteroatoms. The number of rotatable bonds is 48. The van der Waals surface area contributed by atoms with Crippen LogP contribution in [0.25, 0.3) is 0 Å². The molecule has 68 heavy (non-hydrogen) atoms. The second kappa shape index (κ2) is 57.1. The molecule has 1 unspecified atom stereocenters. The first kappa shape index (κ1) is 63.8. The molecule has 0 amide bonds. The second-order valence-corrected chi connectivity index (χ2v) is 17.5. The van der Waals surface area contributed by atoms with Gasteiger partial charge in [0.05, 0.1) is 6.61 Å². The van der Waals surface area contributed by atoms with Gasteiger partial charge in [-0.3, -0.25) is 9.59 Å². The predicted molar refractivity (Wildman–Crippen MR) is 297 cm³/mol. The average Bonchev–Trinajstić information content (AvgIpc) is 3.34. The quantitative estimate of drug-likeness (QED) is 0.0374. The van der Waals surface area contributed by atoms with Crippen molar-refractivity contribution in [1.29, 1.82) is 0 Å². The van der Waals surface area contributed by atoms with Crippen molar-refractivity contribution in [1.82, 2.24) is 0 Å². The molecule has 382 valence electrons. The SMILES string of the molecule is CC/C=C\C/C=C\C/C=C\C/C=C\C/C=C\C/C=C\C/C=C\CCCCCCCCCCCC(=O)OC(CO)COC(=O)CCCCCCCCC/C=C\C/C=C\C/C=C\C/C=C\C/C=C\CC. The van der Waals surface area contributed by atoms with Crippen molar-refractivity contribution in [2.24, 2.45) is 0 Å². The van der Waals surface area contributed by atoms with E-state index in [0.717, 1.165) is 128 Å². The van der Waals surface area contributed by atoms with Crippen molar-refractivity contribution < 1.29 is 24.2 Å². The van der Waals surface area contributed by atoms with E-state index in [1.165, 1.54) is 64.2 Å². The fourth-order valence-electron chi connectivity index (χ4n) is 7.09. The van der Waals surface area contributed by atoms with Crippen LogP contribution in [0.2, 0.25) is 0 Å². The van der Waals surface area contributed by atoms with Crippen molar-refractivity contribution in [3.05, 3.63) is 146 Å². The maximum Gasteiger partial charge on any atom is 0.306 e. The van der Waals surface area contributed by atoms with Gasteiger partial charge in [0.2, 0.25) is 0 Å². The summed E-state index contributed by atoms with van der Waals surface area (Å²) in [5.41, 5.74) is 0. The highest BCUT2D eigenvalue weighted by Gasteiger charge is 2.16. The topological polar surface area (TPSA) is 72.8 Å². The molecular weight excluding hydrogens is 837 g/mol. The first-order chi connectivity index (χ1) is 33.6. The Kier molecular flexibility index (Phi) is 53.6. The number of esters is 2. The molecule has 1 N–H and O–H groups in total. The highest BCUT2D eigenvalue weighted by Crippen LogP contribution is 2.14. The van der Waals surface area contributed by atoms with E-state index < -0.39 is 6.10 Å². The fourth-order valence-corrected chi connectivity index (χ4v) is 7.09. The summed E-state index contributed by atoms with van der Waals surface area (Å²) in [7, 11) is 0. The number of hydrogen-bond acceptors (Lipinski definition) is 5. The van der Waals surface area contributed by atoms with Crippen molar-refractivity contribution in [2.45, 2.75) is 225 Å². The highest BCUT2D eigenvalue weighted by atomic mass is 16.6. The van der Waals surface area contributed by atoms with E-state index in [4.69, 9.17) is 9.47 Å². The molecule has 0 aromatic rings. The van der Waals surface area contributed by atoms with Crippen molar-refractivity contribution in [2.75, 3.05) is 13.2 Å². The maximum absolute atomic E-state index is 12.3. The summed E-state index contributed by atoms with van der Waals surface area (Å²) in [6.45, 7) is 3.89. The molecule has 0 fully saturated rings. The molecular formula is C63H100O5. The van der Waals surface area contributed by atoms with Crippen LogP contribution in [-0.2, 0) is 19.1 Å². The standard InChI is InChI=1S/C63H100O5/c1-3-5-7-9-11-13-15-17-19-21-23-25-27-28-29-30-31-32-33-34-36-38-40-42-44-46-48-50-52-54-56-58-63(66)68-61(59-64)60-67-62(65)57-55-53-51-49-47-45-43-41-39-37-35-26-24-22-20-18-16-14-12-10-8-6-4-2/h5-8,11-14,17-20,23-26,28-29,31-32,34,36-37,39,61,64H,3-4,9-10,15-16,21-22,27,30,33,35,38,40-60H2,1-2H3/b7-5-,8-6-,13-11-,14-12-,19-17-,20-18-,25-23-,26-24-,29-28-,32-31-,36-34-,39-37-. The zero-order valence-electron chi connectivity index (χ0n) is 43.6. The fraction of sp³-hybridized carbons (Fsp3) is 0.587. The molecule has 5 nitrogen and oxygen atoms in total. The predicted octanol–water partition coefficient (Wildman–Crippen LogP) is 18.6. The third-order valence-corrected chi connectivity index (χ3v) is 11.1. The molecule has 0 aliphatic carbocycles. The number of hydrogen-bond donors (Lipinski definition) is 1. The molecule has 0 aromatic heterocycles. The lowest BCUT2D eigenvalue weighted by Gasteiger charge is -2.15. The summed E-state index contributed by atoms with van der Waals surface area (Å²) in [4.78, 5) is 24.5. The van der Waals surface area contributed by atoms with Gasteiger partial charge in [-0.05, 0) is 116 Å². The molecule has 0 aromatic carbocycles. The van der Waals surface area contributed by atoms with Crippen molar-refractivity contribution >= 4 is 11.9 Å². The number of allylic oxidation sites excluding steroid dienone is 24. The Morgan fingerprint density at radius 3 is 0.882 bits per heavy atom. The van der Waals surface area contributed by atoms with Gasteiger partial charge < -0.3 is 14.6 Å². The Balaban J connectivity index is 3.61. The summed E-state index contributed by atoms with van der Waals surface area (Å²) < 4.78 is 10.7. The first-order valence-electron chi connectivity index (χ1n) is 27.4. The number of carbonyl (C=O) groups excluding carboxylic acids is 2. The lowest BCUT2D eigenvalue weighted by molar-refractivity contribution is -0.161. The second-order valence-electron chi connectivity index (χ2n) is 17.5. The monoisotopic (exact) mass is 937 g/mol. The molecule has 0 spiro atoms. The smallest absolute Gasteiger partial charge is 0.306 e. The summed E-state index contributed by atoms with van der Waals surface area (Å²) in [5.74, 6) is -0.620. The van der Waals surface area contributed by atoms with Gasteiger partial charge in [-0.15, -0.1) is 0 Å². The molecule has 0 saturated heterocycles. The lowest BCUT2D eigenvalue weighted by atomic mass is 10.1. The van der Waals surface area contributed by atoms with Gasteiger partial charge in [0.15, 0.2) is 6.10 Å². The minimum Gasteiger partial charge on any atom is -0.462 e. The van der Waals surface area contributed by atoms with E-state index >= 15 is 0 Å². The summed E-state index contributed by atoms with van der Waals surface area (Å²) in [6, 6.07) is 0. The number of carbonyl (C=O) groups is 2. The van der Waals surface area contributed by atoms with E-state index in [9.17, 15) is 14.7 Å². The molecule has 0 aliphatic rings. The van der Waals surface area contributed by atoms with Crippen LogP contribution < -0.4 is 0 Å². The molecule has 0 bridgehead atoms. The van der Waals surface area contributed by atoms with Crippen molar-refractivity contribution in [3.63, 3.8) is 0 Å². The maximum atomic E-state index is 12.3. The van der Waals surface area contributed by atoms with Gasteiger partial charge in [-0.2, -0.15) is 0 Å². The zero-order valence-corrected chi connectivity index (χ0v) is 43.6. The minimum absolute atomic E-state index is 0.0838. The Hall–Kier alpha value is -4.22. The molecule has 0 saturated carbocycles. The van der Waals surface area contributed by atoms with Crippen LogP contribution in [0.15, 0.2) is 146 Å². The summed E-state index contributed by atoms with van der Waals surface area (Å²) in [5, 5.41) is 9.65. The number of aliphatic hydroxyl groups excluding tert-OH is 1. The van der Waals surface area contributed by atoms with Gasteiger partial charge in [0.1, 0.15) is 6.61 Å². The van der Waals surface area contributed by atoms with E-state index in [-0.39, 0.29) is 25.2 Å². The van der Waals surface area contributed by atoms with Crippen LogP contribution in [0.3, 0.4) is 0 Å². The highest BCUT2D eigenvalue weighted by molar-refractivity contribution is 5.70. The van der Waals surface area contributed by atoms with E-state index in [1.54, 1.807) is 0 Å². The molecule has 1 atom stereocenters. The Labute approximate surface area is 418 Å². The Morgan fingerprint density at radius 1 is 0.338 bits per heavy atom.